The zero-order chi connectivity index (χ0) is 9.68. The van der Waals surface area contributed by atoms with E-state index in [1.54, 1.807) is 0 Å². The van der Waals surface area contributed by atoms with Crippen molar-refractivity contribution in [3.05, 3.63) is 0 Å². The van der Waals surface area contributed by atoms with Crippen LogP contribution in [0.1, 0.15) is 39.0 Å². The van der Waals surface area contributed by atoms with Gasteiger partial charge in [-0.3, -0.25) is 0 Å². The number of hydrogen-bond donors (Lipinski definition) is 0. The van der Waals surface area contributed by atoms with E-state index in [0.717, 1.165) is 25.7 Å². The molecule has 13 heavy (non-hydrogen) atoms. The first kappa shape index (κ1) is 10.6. The van der Waals surface area contributed by atoms with E-state index in [4.69, 9.17) is 21.1 Å². The van der Waals surface area contributed by atoms with Crippen LogP contribution < -0.4 is 0 Å². The van der Waals surface area contributed by atoms with Gasteiger partial charge in [-0.05, 0) is 32.1 Å². The summed E-state index contributed by atoms with van der Waals surface area (Å²) >= 11 is 5.62. The molecule has 0 spiro atoms. The summed E-state index contributed by atoms with van der Waals surface area (Å²) in [5, 5.41) is 0. The second-order valence-electron chi connectivity index (χ2n) is 3.21. The molecule has 1 rings (SSSR count). The van der Waals surface area contributed by atoms with Crippen molar-refractivity contribution < 1.29 is 14.3 Å². The molecular weight excluding hydrogens is 192 g/mol. The summed E-state index contributed by atoms with van der Waals surface area (Å²) < 4.78 is 9.80. The van der Waals surface area contributed by atoms with E-state index in [1.165, 1.54) is 0 Å². The van der Waals surface area contributed by atoms with Crippen molar-refractivity contribution >= 4 is 17.8 Å². The van der Waals surface area contributed by atoms with Gasteiger partial charge < -0.3 is 9.47 Å². The van der Waals surface area contributed by atoms with Gasteiger partial charge in [0.1, 0.15) is 6.10 Å². The van der Waals surface area contributed by atoms with Crippen LogP contribution in [0.15, 0.2) is 0 Å². The number of carbonyl (C=O) groups is 1. The van der Waals surface area contributed by atoms with E-state index in [-0.39, 0.29) is 6.10 Å². The van der Waals surface area contributed by atoms with Crippen LogP contribution in [0.5, 0.6) is 0 Å². The summed E-state index contributed by atoms with van der Waals surface area (Å²) in [7, 11) is 0. The van der Waals surface area contributed by atoms with E-state index >= 15 is 0 Å². The first-order valence-electron chi connectivity index (χ1n) is 4.73. The third-order valence-corrected chi connectivity index (χ3v) is 2.51. The molecule has 76 valence electrons. The van der Waals surface area contributed by atoms with Gasteiger partial charge in [-0.2, -0.15) is 0 Å². The average molecular weight is 207 g/mol. The molecule has 0 aliphatic heterocycles. The Bertz CT molecular complexity index is 166. The number of rotatable bonds is 3. The molecule has 0 N–H and O–H groups in total. The Hall–Kier alpha value is -0.440. The first-order chi connectivity index (χ1) is 6.22. The number of ether oxygens (including phenoxy) is 2. The van der Waals surface area contributed by atoms with Crippen LogP contribution >= 0.6 is 11.6 Å². The van der Waals surface area contributed by atoms with Gasteiger partial charge >= 0.3 is 6.16 Å². The molecule has 1 saturated carbocycles. The largest absolute Gasteiger partial charge is 0.510 e. The number of halogens is 1. The minimum Gasteiger partial charge on any atom is -0.431 e. The van der Waals surface area contributed by atoms with Crippen LogP contribution in [0, 0.1) is 0 Å². The van der Waals surface area contributed by atoms with Gasteiger partial charge in [0.2, 0.25) is 0 Å². The van der Waals surface area contributed by atoms with Crippen molar-refractivity contribution in [2.45, 2.75) is 50.7 Å². The van der Waals surface area contributed by atoms with Crippen LogP contribution in [-0.4, -0.2) is 17.8 Å². The Morgan fingerprint density at radius 3 is 2.69 bits per heavy atom. The molecule has 1 fully saturated rings. The monoisotopic (exact) mass is 206 g/mol. The van der Waals surface area contributed by atoms with E-state index in [0.29, 0.717) is 6.42 Å². The molecule has 0 aromatic heterocycles. The fourth-order valence-corrected chi connectivity index (χ4v) is 1.43. The normalized spacial score (nSPS) is 19.8. The van der Waals surface area contributed by atoms with E-state index < -0.39 is 11.7 Å². The molecule has 1 aliphatic carbocycles. The zero-order valence-corrected chi connectivity index (χ0v) is 8.55. The van der Waals surface area contributed by atoms with Gasteiger partial charge in [0.25, 0.3) is 0 Å². The Morgan fingerprint density at radius 2 is 2.15 bits per heavy atom. The highest BCUT2D eigenvalue weighted by molar-refractivity contribution is 6.20. The molecule has 1 atom stereocenters. The molecule has 0 bridgehead atoms. The Balaban J connectivity index is 2.16. The summed E-state index contributed by atoms with van der Waals surface area (Å²) in [5.74, 6) is 0. The van der Waals surface area contributed by atoms with Crippen LogP contribution in [0.4, 0.5) is 4.79 Å². The molecular formula is C9H15ClO3. The third-order valence-electron chi connectivity index (χ3n) is 2.11. The lowest BCUT2D eigenvalue weighted by Crippen LogP contribution is -2.19. The minimum absolute atomic E-state index is 0.0493. The van der Waals surface area contributed by atoms with Gasteiger partial charge in [-0.1, -0.05) is 18.5 Å². The van der Waals surface area contributed by atoms with Crippen LogP contribution in [-0.2, 0) is 9.47 Å². The maximum atomic E-state index is 11.0. The highest BCUT2D eigenvalue weighted by Gasteiger charge is 2.21. The predicted octanol–water partition coefficient (Wildman–Crippen LogP) is 3.06. The lowest BCUT2D eigenvalue weighted by atomic mass is 10.3. The standard InChI is InChI=1S/C9H15ClO3/c1-2-8(10)13-9(11)12-7-5-3-4-6-7/h7-8H,2-6H2,1H3. The topological polar surface area (TPSA) is 35.5 Å². The van der Waals surface area contributed by atoms with Crippen molar-refractivity contribution in [2.24, 2.45) is 0 Å². The summed E-state index contributed by atoms with van der Waals surface area (Å²) in [5.41, 5.74) is -0.561. The highest BCUT2D eigenvalue weighted by atomic mass is 35.5. The lowest BCUT2D eigenvalue weighted by Gasteiger charge is -2.13. The Kier molecular flexibility index (Phi) is 4.36. The van der Waals surface area contributed by atoms with Crippen molar-refractivity contribution in [2.75, 3.05) is 0 Å². The zero-order valence-electron chi connectivity index (χ0n) is 7.79. The Labute approximate surface area is 83.3 Å². The van der Waals surface area contributed by atoms with E-state index in [9.17, 15) is 4.79 Å². The van der Waals surface area contributed by atoms with Crippen molar-refractivity contribution in [3.8, 4) is 0 Å². The van der Waals surface area contributed by atoms with Crippen molar-refractivity contribution in [3.63, 3.8) is 0 Å². The smallest absolute Gasteiger partial charge is 0.431 e. The SMILES string of the molecule is CCC(Cl)OC(=O)OC1CCCC1. The maximum absolute atomic E-state index is 11.0. The number of hydrogen-bond acceptors (Lipinski definition) is 3. The van der Waals surface area contributed by atoms with Gasteiger partial charge in [0, 0.05) is 0 Å². The molecule has 0 aromatic rings. The predicted molar refractivity (Wildman–Crippen MR) is 49.8 cm³/mol. The summed E-state index contributed by atoms with van der Waals surface area (Å²) in [4.78, 5) is 11.0. The summed E-state index contributed by atoms with van der Waals surface area (Å²) in [6, 6.07) is 0. The molecule has 1 unspecified atom stereocenters. The van der Waals surface area contributed by atoms with Crippen LogP contribution in [0.3, 0.4) is 0 Å². The maximum Gasteiger partial charge on any atom is 0.510 e. The van der Waals surface area contributed by atoms with Gasteiger partial charge in [-0.15, -0.1) is 0 Å². The van der Waals surface area contributed by atoms with Crippen molar-refractivity contribution in [1.29, 1.82) is 0 Å². The summed E-state index contributed by atoms with van der Waals surface area (Å²) in [6.07, 6.45) is 4.19. The molecule has 4 heteroatoms. The van der Waals surface area contributed by atoms with Crippen LogP contribution in [0.2, 0.25) is 0 Å². The van der Waals surface area contributed by atoms with Crippen LogP contribution in [0.25, 0.3) is 0 Å². The second kappa shape index (κ2) is 5.32. The molecule has 0 amide bonds. The lowest BCUT2D eigenvalue weighted by molar-refractivity contribution is 0.0175. The first-order valence-corrected chi connectivity index (χ1v) is 5.17. The quantitative estimate of drug-likeness (QED) is 0.526. The average Bonchev–Trinajstić information content (AvgIpc) is 2.56. The minimum atomic E-state index is -0.631. The molecule has 0 aromatic carbocycles. The molecule has 0 radical (unpaired) electrons. The number of carbonyl (C=O) groups excluding carboxylic acids is 1. The van der Waals surface area contributed by atoms with E-state index in [1.807, 2.05) is 6.92 Å². The Morgan fingerprint density at radius 1 is 1.54 bits per heavy atom. The van der Waals surface area contributed by atoms with Gasteiger partial charge in [0.15, 0.2) is 5.56 Å². The molecule has 1 aliphatic rings. The molecule has 0 heterocycles. The summed E-state index contributed by atoms with van der Waals surface area (Å²) in [6.45, 7) is 1.85. The molecule has 0 saturated heterocycles. The van der Waals surface area contributed by atoms with Gasteiger partial charge in [-0.25, -0.2) is 4.79 Å². The fraction of sp³-hybridized carbons (Fsp3) is 0.889. The van der Waals surface area contributed by atoms with Crippen molar-refractivity contribution in [1.82, 2.24) is 0 Å². The van der Waals surface area contributed by atoms with E-state index in [2.05, 4.69) is 0 Å². The number of alkyl halides is 1. The highest BCUT2D eigenvalue weighted by Crippen LogP contribution is 2.21. The molecule has 3 nitrogen and oxygen atoms in total. The second-order valence-corrected chi connectivity index (χ2v) is 3.70. The fourth-order valence-electron chi connectivity index (χ4n) is 1.36. The third kappa shape index (κ3) is 3.85. The van der Waals surface area contributed by atoms with Gasteiger partial charge in [0.05, 0.1) is 0 Å².